The first-order valence-corrected chi connectivity index (χ1v) is 11.6. The number of nitrogens with zero attached hydrogens (tertiary/aromatic N) is 4. The second kappa shape index (κ2) is 10.1. The Kier molecular flexibility index (Phi) is 6.96. The summed E-state index contributed by atoms with van der Waals surface area (Å²) in [5.41, 5.74) is 2.88. The summed E-state index contributed by atoms with van der Waals surface area (Å²) in [5.74, 6) is 1.29. The smallest absolute Gasteiger partial charge is 0.410 e. The molecule has 1 aliphatic rings. The SMILES string of the molecule is CC(C)(C)OC(=O)N1CCN(c2ccc(-c3nc(CCCc4ccccc4)no3)cc2)CC1. The molecule has 7 nitrogen and oxygen atoms in total. The van der Waals surface area contributed by atoms with Crippen molar-refractivity contribution in [3.05, 3.63) is 66.0 Å². The standard InChI is InChI=1S/C26H32N4O3/c1-26(2,3)32-25(31)30-18-16-29(17-19-30)22-14-12-21(13-15-22)24-27-23(28-33-24)11-7-10-20-8-5-4-6-9-20/h4-6,8-9,12-15H,7,10-11,16-19H2,1-3H3. The number of carbonyl (C=O) groups excluding carboxylic acids is 1. The molecule has 0 unspecified atom stereocenters. The summed E-state index contributed by atoms with van der Waals surface area (Å²) in [5, 5.41) is 4.14. The zero-order chi connectivity index (χ0) is 23.3. The van der Waals surface area contributed by atoms with E-state index >= 15 is 0 Å². The number of ether oxygens (including phenoxy) is 1. The van der Waals surface area contributed by atoms with Crippen LogP contribution in [0.1, 0.15) is 38.6 Å². The summed E-state index contributed by atoms with van der Waals surface area (Å²) in [6.07, 6.45) is 2.53. The first-order chi connectivity index (χ1) is 15.9. The van der Waals surface area contributed by atoms with Crippen molar-refractivity contribution in [1.29, 1.82) is 0 Å². The Bertz CT molecular complexity index is 1030. The molecule has 2 heterocycles. The lowest BCUT2D eigenvalue weighted by Gasteiger charge is -2.36. The van der Waals surface area contributed by atoms with Gasteiger partial charge in [-0.25, -0.2) is 4.79 Å². The second-order valence-corrected chi connectivity index (χ2v) is 9.36. The molecule has 2 aromatic carbocycles. The van der Waals surface area contributed by atoms with E-state index in [2.05, 4.69) is 51.4 Å². The number of hydrogen-bond acceptors (Lipinski definition) is 6. The van der Waals surface area contributed by atoms with E-state index in [0.717, 1.165) is 49.4 Å². The maximum atomic E-state index is 12.3. The van der Waals surface area contributed by atoms with Crippen LogP contribution >= 0.6 is 0 Å². The van der Waals surface area contributed by atoms with Crippen LogP contribution in [0.5, 0.6) is 0 Å². The minimum atomic E-state index is -0.472. The lowest BCUT2D eigenvalue weighted by atomic mass is 10.1. The summed E-state index contributed by atoms with van der Waals surface area (Å²) in [6.45, 7) is 8.49. The minimum Gasteiger partial charge on any atom is -0.444 e. The molecule has 0 spiro atoms. The van der Waals surface area contributed by atoms with Gasteiger partial charge in [0, 0.05) is 43.9 Å². The first-order valence-electron chi connectivity index (χ1n) is 11.6. The number of benzene rings is 2. The van der Waals surface area contributed by atoms with Gasteiger partial charge >= 0.3 is 6.09 Å². The highest BCUT2D eigenvalue weighted by Crippen LogP contribution is 2.23. The zero-order valence-electron chi connectivity index (χ0n) is 19.7. The quantitative estimate of drug-likeness (QED) is 0.530. The van der Waals surface area contributed by atoms with E-state index in [0.29, 0.717) is 19.0 Å². The van der Waals surface area contributed by atoms with Gasteiger partial charge in [0.05, 0.1) is 0 Å². The fourth-order valence-electron chi connectivity index (χ4n) is 3.86. The van der Waals surface area contributed by atoms with E-state index in [9.17, 15) is 4.79 Å². The molecule has 0 radical (unpaired) electrons. The van der Waals surface area contributed by atoms with Gasteiger partial charge in [0.15, 0.2) is 5.82 Å². The third-order valence-corrected chi connectivity index (χ3v) is 5.59. The molecule has 7 heteroatoms. The lowest BCUT2D eigenvalue weighted by molar-refractivity contribution is 0.0240. The molecular weight excluding hydrogens is 416 g/mol. The van der Waals surface area contributed by atoms with Gasteiger partial charge in [0.1, 0.15) is 5.60 Å². The Hall–Kier alpha value is -3.35. The van der Waals surface area contributed by atoms with Crippen molar-refractivity contribution in [2.45, 2.75) is 45.6 Å². The van der Waals surface area contributed by atoms with E-state index in [4.69, 9.17) is 9.26 Å². The third kappa shape index (κ3) is 6.34. The lowest BCUT2D eigenvalue weighted by Crippen LogP contribution is -2.50. The Morgan fingerprint density at radius 1 is 0.970 bits per heavy atom. The van der Waals surface area contributed by atoms with Crippen LogP contribution in [0.2, 0.25) is 0 Å². The average Bonchev–Trinajstić information content (AvgIpc) is 3.28. The minimum absolute atomic E-state index is 0.242. The van der Waals surface area contributed by atoms with Crippen molar-refractivity contribution in [3.8, 4) is 11.5 Å². The molecule has 0 saturated carbocycles. The van der Waals surface area contributed by atoms with Gasteiger partial charge in [0.2, 0.25) is 0 Å². The van der Waals surface area contributed by atoms with Crippen LogP contribution in [-0.4, -0.2) is 52.9 Å². The van der Waals surface area contributed by atoms with E-state index in [-0.39, 0.29) is 6.09 Å². The fraction of sp³-hybridized carbons (Fsp3) is 0.423. The van der Waals surface area contributed by atoms with Crippen molar-refractivity contribution in [2.24, 2.45) is 0 Å². The molecule has 3 aromatic rings. The number of carbonyl (C=O) groups is 1. The van der Waals surface area contributed by atoms with Crippen molar-refractivity contribution >= 4 is 11.8 Å². The largest absolute Gasteiger partial charge is 0.444 e. The molecule has 0 bridgehead atoms. The fourth-order valence-corrected chi connectivity index (χ4v) is 3.86. The number of piperazine rings is 1. The monoisotopic (exact) mass is 448 g/mol. The van der Waals surface area contributed by atoms with Crippen LogP contribution in [0.25, 0.3) is 11.5 Å². The van der Waals surface area contributed by atoms with Crippen molar-refractivity contribution < 1.29 is 14.1 Å². The van der Waals surface area contributed by atoms with E-state index in [1.807, 2.05) is 39.0 Å². The van der Waals surface area contributed by atoms with Gasteiger partial charge in [-0.1, -0.05) is 35.5 Å². The van der Waals surface area contributed by atoms with Gasteiger partial charge in [-0.2, -0.15) is 4.98 Å². The molecule has 174 valence electrons. The maximum absolute atomic E-state index is 12.3. The highest BCUT2D eigenvalue weighted by molar-refractivity contribution is 5.69. The molecule has 1 fully saturated rings. The number of amides is 1. The zero-order valence-corrected chi connectivity index (χ0v) is 19.7. The van der Waals surface area contributed by atoms with E-state index < -0.39 is 5.60 Å². The molecule has 1 saturated heterocycles. The van der Waals surface area contributed by atoms with Gasteiger partial charge < -0.3 is 19.1 Å². The van der Waals surface area contributed by atoms with Crippen molar-refractivity contribution in [3.63, 3.8) is 0 Å². The van der Waals surface area contributed by atoms with Crippen LogP contribution < -0.4 is 4.90 Å². The van der Waals surface area contributed by atoms with Crippen LogP contribution in [-0.2, 0) is 17.6 Å². The average molecular weight is 449 g/mol. The van der Waals surface area contributed by atoms with Gasteiger partial charge in [-0.3, -0.25) is 0 Å². The molecule has 0 atom stereocenters. The van der Waals surface area contributed by atoms with Crippen molar-refractivity contribution in [1.82, 2.24) is 15.0 Å². The predicted molar refractivity (Wildman–Crippen MR) is 128 cm³/mol. The summed E-state index contributed by atoms with van der Waals surface area (Å²) in [6, 6.07) is 18.6. The molecular formula is C26H32N4O3. The summed E-state index contributed by atoms with van der Waals surface area (Å²) < 4.78 is 11.0. The Balaban J connectivity index is 1.28. The Labute approximate surface area is 195 Å². The van der Waals surface area contributed by atoms with E-state index in [1.165, 1.54) is 5.56 Å². The molecule has 0 N–H and O–H groups in total. The Morgan fingerprint density at radius 3 is 2.33 bits per heavy atom. The number of aryl methyl sites for hydroxylation is 2. The summed E-state index contributed by atoms with van der Waals surface area (Å²) >= 11 is 0. The molecule has 0 aliphatic carbocycles. The third-order valence-electron chi connectivity index (χ3n) is 5.59. The molecule has 1 aromatic heterocycles. The number of aromatic nitrogens is 2. The molecule has 4 rings (SSSR count). The number of anilines is 1. The van der Waals surface area contributed by atoms with E-state index in [1.54, 1.807) is 4.90 Å². The normalized spacial score (nSPS) is 14.4. The summed E-state index contributed by atoms with van der Waals surface area (Å²) in [7, 11) is 0. The highest BCUT2D eigenvalue weighted by Gasteiger charge is 2.26. The van der Waals surface area contributed by atoms with Crippen LogP contribution in [0.3, 0.4) is 0 Å². The molecule has 33 heavy (non-hydrogen) atoms. The first kappa shape index (κ1) is 22.8. The molecule has 1 amide bonds. The van der Waals surface area contributed by atoms with Gasteiger partial charge in [0.25, 0.3) is 5.89 Å². The second-order valence-electron chi connectivity index (χ2n) is 9.36. The van der Waals surface area contributed by atoms with Crippen molar-refractivity contribution in [2.75, 3.05) is 31.1 Å². The topological polar surface area (TPSA) is 71.7 Å². The maximum Gasteiger partial charge on any atom is 0.410 e. The Morgan fingerprint density at radius 2 is 1.67 bits per heavy atom. The number of rotatable bonds is 6. The number of hydrogen-bond donors (Lipinski definition) is 0. The summed E-state index contributed by atoms with van der Waals surface area (Å²) in [4.78, 5) is 20.9. The van der Waals surface area contributed by atoms with Crippen LogP contribution in [0.15, 0.2) is 59.1 Å². The van der Waals surface area contributed by atoms with Gasteiger partial charge in [-0.05, 0) is 63.4 Å². The van der Waals surface area contributed by atoms with Crippen LogP contribution in [0, 0.1) is 0 Å². The van der Waals surface area contributed by atoms with Crippen LogP contribution in [0.4, 0.5) is 10.5 Å². The highest BCUT2D eigenvalue weighted by atomic mass is 16.6. The molecule has 1 aliphatic heterocycles. The predicted octanol–water partition coefficient (Wildman–Crippen LogP) is 4.97. The van der Waals surface area contributed by atoms with Gasteiger partial charge in [-0.15, -0.1) is 0 Å².